The Balaban J connectivity index is 2.31. The van der Waals surface area contributed by atoms with Crippen LogP contribution in [0.5, 0.6) is 23.0 Å². The van der Waals surface area contributed by atoms with Crippen molar-refractivity contribution < 1.29 is 32.2 Å². The number of anilines is 1. The number of likely N-dealkylation sites (N-methyl/N-ethyl adjacent to an activating group) is 1. The third-order valence-electron chi connectivity index (χ3n) is 4.44. The summed E-state index contributed by atoms with van der Waals surface area (Å²) in [5.41, 5.74) is 1.35. The zero-order chi connectivity index (χ0) is 23.7. The van der Waals surface area contributed by atoms with Crippen LogP contribution in [0.25, 0.3) is 6.08 Å². The van der Waals surface area contributed by atoms with E-state index in [9.17, 15) is 13.2 Å². The van der Waals surface area contributed by atoms with Gasteiger partial charge in [-0.2, -0.15) is 0 Å². The van der Waals surface area contributed by atoms with Crippen molar-refractivity contribution in [1.29, 1.82) is 0 Å². The van der Waals surface area contributed by atoms with Crippen LogP contribution in [-0.2, 0) is 20.4 Å². The fourth-order valence-corrected chi connectivity index (χ4v) is 4.03. The molecule has 0 heterocycles. The lowest BCUT2D eigenvalue weighted by Gasteiger charge is -2.13. The molecule has 2 aromatic rings. The summed E-state index contributed by atoms with van der Waals surface area (Å²) < 4.78 is 46.7. The van der Waals surface area contributed by atoms with E-state index in [1.165, 1.54) is 34.5 Å². The number of carbonyl (C=O) groups is 1. The molecule has 0 fully saturated rings. The Bertz CT molecular complexity index is 1060. The van der Waals surface area contributed by atoms with Crippen molar-refractivity contribution in [3.05, 3.63) is 46.9 Å². The van der Waals surface area contributed by atoms with Crippen LogP contribution in [0.15, 0.2) is 35.7 Å². The maximum Gasteiger partial charge on any atom is 0.238 e. The van der Waals surface area contributed by atoms with Crippen molar-refractivity contribution in [3.63, 3.8) is 0 Å². The Morgan fingerprint density at radius 3 is 2.09 bits per heavy atom. The summed E-state index contributed by atoms with van der Waals surface area (Å²) >= 11 is 0. The highest BCUT2D eigenvalue weighted by molar-refractivity contribution is 7.93. The van der Waals surface area contributed by atoms with Gasteiger partial charge < -0.3 is 29.6 Å². The molecule has 0 radical (unpaired) electrons. The third kappa shape index (κ3) is 6.63. The zero-order valence-corrected chi connectivity index (χ0v) is 19.5. The Morgan fingerprint density at radius 2 is 1.56 bits per heavy atom. The maximum absolute atomic E-state index is 12.8. The number of hydrogen-bond donors (Lipinski definition) is 2. The minimum absolute atomic E-state index is 0.111. The van der Waals surface area contributed by atoms with E-state index in [4.69, 9.17) is 18.9 Å². The predicted molar refractivity (Wildman–Crippen MR) is 123 cm³/mol. The van der Waals surface area contributed by atoms with Crippen LogP contribution >= 0.6 is 0 Å². The normalized spacial score (nSPS) is 11.3. The number of sulfone groups is 1. The smallest absolute Gasteiger partial charge is 0.238 e. The first-order valence-electron chi connectivity index (χ1n) is 9.59. The second kappa shape index (κ2) is 11.4. The minimum atomic E-state index is -3.66. The molecule has 32 heavy (non-hydrogen) atoms. The summed E-state index contributed by atoms with van der Waals surface area (Å²) in [7, 11) is 3.92. The highest BCUT2D eigenvalue weighted by Crippen LogP contribution is 2.35. The molecule has 2 rings (SSSR count). The number of carbonyl (C=O) groups excluding carboxylic acids is 1. The molecule has 10 heteroatoms. The second-order valence-electron chi connectivity index (χ2n) is 6.67. The summed E-state index contributed by atoms with van der Waals surface area (Å²) in [5, 5.41) is 6.55. The van der Waals surface area contributed by atoms with Crippen molar-refractivity contribution in [3.8, 4) is 23.0 Å². The molecule has 0 saturated carbocycles. The molecule has 0 bridgehead atoms. The van der Waals surface area contributed by atoms with Gasteiger partial charge in [-0.05, 0) is 30.8 Å². The van der Waals surface area contributed by atoms with Gasteiger partial charge in [0.1, 0.15) is 23.0 Å². The van der Waals surface area contributed by atoms with Crippen LogP contribution < -0.4 is 29.6 Å². The molecule has 0 saturated heterocycles. The first-order valence-corrected chi connectivity index (χ1v) is 11.3. The SMILES string of the molecule is CNCC(=O)Nc1cc(CS(=O)(=O)/C=C\c2c(OC)cc(OC)cc2OC)ccc1OC. The van der Waals surface area contributed by atoms with E-state index in [2.05, 4.69) is 10.6 Å². The lowest BCUT2D eigenvalue weighted by molar-refractivity contribution is -0.115. The average molecular weight is 465 g/mol. The van der Waals surface area contributed by atoms with Crippen molar-refractivity contribution >= 4 is 27.5 Å². The van der Waals surface area contributed by atoms with Gasteiger partial charge in [0.2, 0.25) is 5.91 Å². The van der Waals surface area contributed by atoms with Gasteiger partial charge in [-0.15, -0.1) is 0 Å². The largest absolute Gasteiger partial charge is 0.496 e. The summed E-state index contributed by atoms with van der Waals surface area (Å²) in [6.07, 6.45) is 1.42. The summed E-state index contributed by atoms with van der Waals surface area (Å²) in [6, 6.07) is 8.09. The van der Waals surface area contributed by atoms with Gasteiger partial charge in [-0.25, -0.2) is 8.42 Å². The number of methoxy groups -OCH3 is 4. The second-order valence-corrected chi connectivity index (χ2v) is 8.56. The van der Waals surface area contributed by atoms with Gasteiger partial charge >= 0.3 is 0 Å². The van der Waals surface area contributed by atoms with Gasteiger partial charge in [0.25, 0.3) is 0 Å². The molecule has 1 amide bonds. The standard InChI is InChI=1S/C22H28N2O7S/c1-23-13-22(25)24-18-10-15(6-7-19(18)29-3)14-32(26,27)9-8-17-20(30-4)11-16(28-2)12-21(17)31-5/h6-12,23H,13-14H2,1-5H3,(H,24,25)/b9-8-. The Hall–Kier alpha value is -3.24. The van der Waals surface area contributed by atoms with E-state index in [0.29, 0.717) is 39.8 Å². The summed E-state index contributed by atoms with van der Waals surface area (Å²) in [6.45, 7) is 0.111. The maximum atomic E-state index is 12.8. The summed E-state index contributed by atoms with van der Waals surface area (Å²) in [5.74, 6) is 1.22. The van der Waals surface area contributed by atoms with Gasteiger partial charge in [0, 0.05) is 17.5 Å². The third-order valence-corrected chi connectivity index (χ3v) is 5.72. The average Bonchev–Trinajstić information content (AvgIpc) is 2.77. The Morgan fingerprint density at radius 1 is 0.938 bits per heavy atom. The first-order chi connectivity index (χ1) is 15.3. The Labute approximate surface area is 188 Å². The number of benzene rings is 2. The number of nitrogens with one attached hydrogen (secondary N) is 2. The van der Waals surface area contributed by atoms with Crippen molar-refractivity contribution in [2.45, 2.75) is 5.75 Å². The van der Waals surface area contributed by atoms with E-state index in [1.54, 1.807) is 37.4 Å². The van der Waals surface area contributed by atoms with Crippen LogP contribution in [0.4, 0.5) is 5.69 Å². The fourth-order valence-electron chi connectivity index (χ4n) is 2.95. The molecule has 0 aromatic heterocycles. The number of ether oxygens (including phenoxy) is 4. The molecule has 2 N–H and O–H groups in total. The topological polar surface area (TPSA) is 112 Å². The predicted octanol–water partition coefficient (Wildman–Crippen LogP) is 2.46. The molecule has 0 aliphatic heterocycles. The lowest BCUT2D eigenvalue weighted by atomic mass is 10.1. The van der Waals surface area contributed by atoms with E-state index < -0.39 is 9.84 Å². The minimum Gasteiger partial charge on any atom is -0.496 e. The highest BCUT2D eigenvalue weighted by atomic mass is 32.2. The monoisotopic (exact) mass is 464 g/mol. The molecule has 2 aromatic carbocycles. The van der Waals surface area contributed by atoms with E-state index in [0.717, 1.165) is 5.41 Å². The molecule has 0 aliphatic rings. The lowest BCUT2D eigenvalue weighted by Crippen LogP contribution is -2.25. The van der Waals surface area contributed by atoms with E-state index >= 15 is 0 Å². The molecule has 0 unspecified atom stereocenters. The number of hydrogen-bond acceptors (Lipinski definition) is 8. The van der Waals surface area contributed by atoms with Crippen molar-refractivity contribution in [1.82, 2.24) is 5.32 Å². The Kier molecular flexibility index (Phi) is 8.91. The quantitative estimate of drug-likeness (QED) is 0.522. The van der Waals surface area contributed by atoms with Crippen LogP contribution in [0.1, 0.15) is 11.1 Å². The first kappa shape index (κ1) is 25.0. The molecule has 0 aliphatic carbocycles. The molecule has 9 nitrogen and oxygen atoms in total. The van der Waals surface area contributed by atoms with Crippen molar-refractivity contribution in [2.75, 3.05) is 47.3 Å². The van der Waals surface area contributed by atoms with Crippen LogP contribution in [0.2, 0.25) is 0 Å². The van der Waals surface area contributed by atoms with E-state index in [1.807, 2.05) is 0 Å². The van der Waals surface area contributed by atoms with Crippen LogP contribution in [0, 0.1) is 0 Å². The van der Waals surface area contributed by atoms with Crippen LogP contribution in [0.3, 0.4) is 0 Å². The number of rotatable bonds is 11. The highest BCUT2D eigenvalue weighted by Gasteiger charge is 2.15. The molecule has 0 atom stereocenters. The summed E-state index contributed by atoms with van der Waals surface area (Å²) in [4.78, 5) is 11.9. The molecule has 0 spiro atoms. The van der Waals surface area contributed by atoms with Gasteiger partial charge in [-0.1, -0.05) is 6.07 Å². The van der Waals surface area contributed by atoms with Gasteiger partial charge in [0.15, 0.2) is 9.84 Å². The molecule has 174 valence electrons. The molecular formula is C22H28N2O7S. The van der Waals surface area contributed by atoms with Gasteiger partial charge in [-0.3, -0.25) is 4.79 Å². The van der Waals surface area contributed by atoms with Crippen LogP contribution in [-0.4, -0.2) is 56.4 Å². The van der Waals surface area contributed by atoms with Crippen molar-refractivity contribution in [2.24, 2.45) is 0 Å². The van der Waals surface area contributed by atoms with Gasteiger partial charge in [0.05, 0.1) is 52.0 Å². The number of amides is 1. The zero-order valence-electron chi connectivity index (χ0n) is 18.7. The molecular weight excluding hydrogens is 436 g/mol. The fraction of sp³-hybridized carbons (Fsp3) is 0.318. The van der Waals surface area contributed by atoms with E-state index in [-0.39, 0.29) is 18.2 Å².